The third-order valence-electron chi connectivity index (χ3n) is 5.49. The Balaban J connectivity index is 1.94. The van der Waals surface area contributed by atoms with E-state index >= 15 is 0 Å². The lowest BCUT2D eigenvalue weighted by atomic mass is 10.2. The van der Waals surface area contributed by atoms with E-state index in [1.54, 1.807) is 18.5 Å². The van der Waals surface area contributed by atoms with Crippen molar-refractivity contribution in [1.29, 1.82) is 0 Å². The Hall–Kier alpha value is -3.65. The number of aliphatic hydroxyl groups is 1. The highest BCUT2D eigenvalue weighted by Gasteiger charge is 2.24. The second-order valence-corrected chi connectivity index (χ2v) is 8.08. The number of nitrogens with zero attached hydrogens (tertiary/aromatic N) is 5. The smallest absolute Gasteiger partial charge is 0.332 e. The first-order chi connectivity index (χ1) is 15.4. The molecule has 0 saturated heterocycles. The Morgan fingerprint density at radius 3 is 1.94 bits per heavy atom. The van der Waals surface area contributed by atoms with Crippen molar-refractivity contribution in [2.75, 3.05) is 4.90 Å². The Kier molecular flexibility index (Phi) is 5.96. The van der Waals surface area contributed by atoms with Crippen molar-refractivity contribution in [1.82, 2.24) is 18.7 Å². The number of hydrogen-bond acceptors (Lipinski definition) is 5. The minimum absolute atomic E-state index is 0.180. The lowest BCUT2D eigenvalue weighted by Crippen LogP contribution is -2.38. The fourth-order valence-electron chi connectivity index (χ4n) is 3.92. The molecule has 2 aromatic heterocycles. The molecule has 0 aliphatic carbocycles. The van der Waals surface area contributed by atoms with Gasteiger partial charge in [0.1, 0.15) is 0 Å². The van der Waals surface area contributed by atoms with Crippen LogP contribution < -0.4 is 16.1 Å². The second-order valence-electron chi connectivity index (χ2n) is 8.08. The second kappa shape index (κ2) is 8.84. The van der Waals surface area contributed by atoms with E-state index in [0.29, 0.717) is 30.2 Å². The van der Waals surface area contributed by atoms with Gasteiger partial charge in [-0.25, -0.2) is 4.79 Å². The van der Waals surface area contributed by atoms with E-state index in [-0.39, 0.29) is 6.54 Å². The van der Waals surface area contributed by atoms with Gasteiger partial charge in [0, 0.05) is 27.2 Å². The summed E-state index contributed by atoms with van der Waals surface area (Å²) in [6.45, 7) is 2.94. The predicted octanol–water partition coefficient (Wildman–Crippen LogP) is 2.02. The molecule has 0 amide bonds. The van der Waals surface area contributed by atoms with E-state index < -0.39 is 17.4 Å². The van der Waals surface area contributed by atoms with Gasteiger partial charge in [-0.2, -0.15) is 4.98 Å². The van der Waals surface area contributed by atoms with Crippen molar-refractivity contribution in [2.45, 2.75) is 32.7 Å². The summed E-state index contributed by atoms with van der Waals surface area (Å²) in [5.74, 6) is 0.534. The van der Waals surface area contributed by atoms with Crippen molar-refractivity contribution < 1.29 is 5.11 Å². The normalized spacial score (nSPS) is 12.2. The SMILES string of the molecule is CC(O)Cn1c(N(Cc2ccccc2)Cc2ccccc2)nc2c1c(=O)n(C)c(=O)n2C. The molecule has 0 radical (unpaired) electrons. The Morgan fingerprint density at radius 1 is 0.906 bits per heavy atom. The van der Waals surface area contributed by atoms with E-state index in [4.69, 9.17) is 4.98 Å². The molecule has 166 valence electrons. The molecule has 0 bridgehead atoms. The highest BCUT2D eigenvalue weighted by Crippen LogP contribution is 2.24. The first-order valence-electron chi connectivity index (χ1n) is 10.5. The van der Waals surface area contributed by atoms with Crippen LogP contribution in [0.3, 0.4) is 0 Å². The van der Waals surface area contributed by atoms with Crippen LogP contribution in [-0.2, 0) is 33.7 Å². The molecule has 0 fully saturated rings. The molecule has 1 N–H and O–H groups in total. The van der Waals surface area contributed by atoms with Crippen LogP contribution in [0.15, 0.2) is 70.3 Å². The molecule has 2 heterocycles. The van der Waals surface area contributed by atoms with Gasteiger partial charge in [-0.3, -0.25) is 13.9 Å². The molecule has 1 atom stereocenters. The van der Waals surface area contributed by atoms with Crippen LogP contribution in [0.2, 0.25) is 0 Å². The topological polar surface area (TPSA) is 85.3 Å². The number of imidazole rings is 1. The molecule has 2 aromatic carbocycles. The zero-order chi connectivity index (χ0) is 22.8. The van der Waals surface area contributed by atoms with E-state index in [1.165, 1.54) is 11.6 Å². The molecular weight excluding hydrogens is 406 g/mol. The lowest BCUT2D eigenvalue weighted by Gasteiger charge is -2.25. The van der Waals surface area contributed by atoms with Crippen LogP contribution in [0.4, 0.5) is 5.95 Å². The van der Waals surface area contributed by atoms with Gasteiger partial charge in [-0.05, 0) is 18.1 Å². The van der Waals surface area contributed by atoms with Gasteiger partial charge in [0.05, 0.1) is 12.6 Å². The first-order valence-corrected chi connectivity index (χ1v) is 10.5. The summed E-state index contributed by atoms with van der Waals surface area (Å²) in [5.41, 5.74) is 1.91. The highest BCUT2D eigenvalue weighted by atomic mass is 16.3. The predicted molar refractivity (Wildman–Crippen MR) is 125 cm³/mol. The number of rotatable bonds is 7. The maximum absolute atomic E-state index is 13.0. The van der Waals surface area contributed by atoms with E-state index in [0.717, 1.165) is 15.7 Å². The average Bonchev–Trinajstić information content (AvgIpc) is 3.16. The van der Waals surface area contributed by atoms with Gasteiger partial charge >= 0.3 is 5.69 Å². The maximum Gasteiger partial charge on any atom is 0.332 e. The number of aliphatic hydroxyl groups excluding tert-OH is 1. The highest BCUT2D eigenvalue weighted by molar-refractivity contribution is 5.74. The largest absolute Gasteiger partial charge is 0.392 e. The minimum Gasteiger partial charge on any atom is -0.392 e. The Bertz CT molecular complexity index is 1300. The number of anilines is 1. The third-order valence-corrected chi connectivity index (χ3v) is 5.49. The van der Waals surface area contributed by atoms with Gasteiger partial charge < -0.3 is 14.6 Å². The summed E-state index contributed by atoms with van der Waals surface area (Å²) in [5, 5.41) is 10.2. The molecule has 0 saturated carbocycles. The van der Waals surface area contributed by atoms with E-state index in [1.807, 2.05) is 60.7 Å². The summed E-state index contributed by atoms with van der Waals surface area (Å²) < 4.78 is 4.18. The van der Waals surface area contributed by atoms with E-state index in [2.05, 4.69) is 4.90 Å². The summed E-state index contributed by atoms with van der Waals surface area (Å²) >= 11 is 0. The van der Waals surface area contributed by atoms with Crippen LogP contribution in [0.25, 0.3) is 11.2 Å². The fourth-order valence-corrected chi connectivity index (χ4v) is 3.92. The lowest BCUT2D eigenvalue weighted by molar-refractivity contribution is 0.175. The summed E-state index contributed by atoms with van der Waals surface area (Å²) in [6, 6.07) is 20.0. The molecule has 8 nitrogen and oxygen atoms in total. The fraction of sp³-hybridized carbons (Fsp3) is 0.292. The number of aryl methyl sites for hydroxylation is 1. The molecule has 0 spiro atoms. The molecule has 32 heavy (non-hydrogen) atoms. The number of benzene rings is 2. The summed E-state index contributed by atoms with van der Waals surface area (Å²) in [7, 11) is 3.06. The van der Waals surface area contributed by atoms with Crippen LogP contribution in [0, 0.1) is 0 Å². The average molecular weight is 434 g/mol. The number of fused-ring (bicyclic) bond motifs is 1. The minimum atomic E-state index is -0.705. The van der Waals surface area contributed by atoms with Gasteiger partial charge in [-0.15, -0.1) is 0 Å². The van der Waals surface area contributed by atoms with Crippen LogP contribution >= 0.6 is 0 Å². The van der Waals surface area contributed by atoms with Crippen molar-refractivity contribution in [3.63, 3.8) is 0 Å². The summed E-state index contributed by atoms with van der Waals surface area (Å²) in [4.78, 5) is 32.4. The molecule has 4 rings (SSSR count). The molecule has 0 aliphatic rings. The van der Waals surface area contributed by atoms with E-state index in [9.17, 15) is 14.7 Å². The Labute approximate surface area is 185 Å². The van der Waals surface area contributed by atoms with Crippen molar-refractivity contribution >= 4 is 17.1 Å². The van der Waals surface area contributed by atoms with Crippen molar-refractivity contribution in [3.05, 3.63) is 92.6 Å². The zero-order valence-corrected chi connectivity index (χ0v) is 18.5. The monoisotopic (exact) mass is 433 g/mol. The van der Waals surface area contributed by atoms with Crippen LogP contribution in [0.5, 0.6) is 0 Å². The molecule has 4 aromatic rings. The van der Waals surface area contributed by atoms with Gasteiger partial charge in [0.2, 0.25) is 5.95 Å². The molecule has 8 heteroatoms. The zero-order valence-electron chi connectivity index (χ0n) is 18.5. The number of aromatic nitrogens is 4. The van der Waals surface area contributed by atoms with Crippen LogP contribution in [-0.4, -0.2) is 29.9 Å². The van der Waals surface area contributed by atoms with Gasteiger partial charge in [0.25, 0.3) is 5.56 Å². The molecular formula is C24H27N5O3. The maximum atomic E-state index is 13.0. The summed E-state index contributed by atoms with van der Waals surface area (Å²) in [6.07, 6.45) is -0.705. The first kappa shape index (κ1) is 21.6. The van der Waals surface area contributed by atoms with Crippen LogP contribution in [0.1, 0.15) is 18.1 Å². The van der Waals surface area contributed by atoms with Gasteiger partial charge in [0.15, 0.2) is 11.2 Å². The third kappa shape index (κ3) is 4.09. The van der Waals surface area contributed by atoms with Crippen molar-refractivity contribution in [3.8, 4) is 0 Å². The van der Waals surface area contributed by atoms with Crippen molar-refractivity contribution in [2.24, 2.45) is 14.1 Å². The number of hydrogen-bond donors (Lipinski definition) is 1. The van der Waals surface area contributed by atoms with Gasteiger partial charge in [-0.1, -0.05) is 60.7 Å². The quantitative estimate of drug-likeness (QED) is 0.482. The standard InChI is InChI=1S/C24H27N5O3/c1-17(30)14-29-20-21(26(2)24(32)27(3)22(20)31)25-23(29)28(15-18-10-6-4-7-11-18)16-19-12-8-5-9-13-19/h4-13,17,30H,14-16H2,1-3H3. The Morgan fingerprint density at radius 2 is 1.44 bits per heavy atom. The molecule has 1 unspecified atom stereocenters. The molecule has 0 aliphatic heterocycles.